The molecule has 0 unspecified atom stereocenters. The summed E-state index contributed by atoms with van der Waals surface area (Å²) in [7, 11) is 0. The van der Waals surface area contributed by atoms with Crippen molar-refractivity contribution in [1.29, 1.82) is 0 Å². The lowest BCUT2D eigenvalue weighted by molar-refractivity contribution is -0.128. The molecular weight excluding hydrogens is 574 g/mol. The van der Waals surface area contributed by atoms with Gasteiger partial charge in [0.1, 0.15) is 17.3 Å². The number of carbonyl (C=O) groups excluding carboxylic acids is 3. The summed E-state index contributed by atoms with van der Waals surface area (Å²) in [6.07, 6.45) is 3.80. The average molecular weight is 602 g/mol. The molecule has 39 heavy (non-hydrogen) atoms. The van der Waals surface area contributed by atoms with E-state index in [1.54, 1.807) is 31.3 Å². The van der Waals surface area contributed by atoms with Crippen LogP contribution in [0.4, 0.5) is 21.6 Å². The average Bonchev–Trinajstić information content (AvgIpc) is 3.13. The van der Waals surface area contributed by atoms with E-state index < -0.39 is 17.6 Å². The Hall–Kier alpha value is -3.51. The summed E-state index contributed by atoms with van der Waals surface area (Å²) in [6.45, 7) is 4.34. The number of benzene rings is 1. The van der Waals surface area contributed by atoms with Crippen LogP contribution in [0, 0.1) is 5.82 Å². The first-order chi connectivity index (χ1) is 17.3. The molecule has 0 saturated carbocycles. The van der Waals surface area contributed by atoms with Gasteiger partial charge >= 0.3 is 0 Å². The molecule has 1 saturated heterocycles. The standard InChI is InChI=1S/C25H24ClFN6O3.2ClH.H2O/c1-16(34)32-9-2-10-33(12-11-32)19-5-7-22(28-15-19)25(36)30-21-6-4-18(27)13-20(21)24(35)31-23-8-3-17(26)14-29-23;;;/h3-8,13-15H,2,9-12H2,1H3,(H,30,36)(H,29,31,35);2*1H;1H2. The Morgan fingerprint density at radius 1 is 0.897 bits per heavy atom. The van der Waals surface area contributed by atoms with E-state index in [0.717, 1.165) is 30.8 Å². The third-order valence-electron chi connectivity index (χ3n) is 5.73. The van der Waals surface area contributed by atoms with Gasteiger partial charge in [-0.05, 0) is 48.9 Å². The summed E-state index contributed by atoms with van der Waals surface area (Å²) in [6, 6.07) is 9.91. The van der Waals surface area contributed by atoms with Crippen molar-refractivity contribution in [3.63, 3.8) is 0 Å². The molecule has 1 aliphatic rings. The first-order valence-electron chi connectivity index (χ1n) is 11.3. The smallest absolute Gasteiger partial charge is 0.274 e. The third kappa shape index (κ3) is 8.75. The largest absolute Gasteiger partial charge is 0.412 e. The minimum atomic E-state index is -0.649. The molecule has 14 heteroatoms. The van der Waals surface area contributed by atoms with E-state index >= 15 is 0 Å². The van der Waals surface area contributed by atoms with Crippen molar-refractivity contribution in [2.45, 2.75) is 13.3 Å². The lowest BCUT2D eigenvalue weighted by atomic mass is 10.1. The molecule has 1 aromatic carbocycles. The molecule has 3 heterocycles. The molecule has 0 aliphatic carbocycles. The van der Waals surface area contributed by atoms with Gasteiger partial charge in [0.05, 0.1) is 28.2 Å². The number of pyridine rings is 2. The van der Waals surface area contributed by atoms with E-state index in [2.05, 4.69) is 25.5 Å². The van der Waals surface area contributed by atoms with Gasteiger partial charge in [0.2, 0.25) is 5.91 Å². The molecule has 3 amide bonds. The molecule has 0 bridgehead atoms. The normalized spacial score (nSPS) is 12.6. The highest BCUT2D eigenvalue weighted by atomic mass is 35.5. The molecular formula is C25H28Cl3FN6O4. The van der Waals surface area contributed by atoms with E-state index in [-0.39, 0.29) is 59.0 Å². The molecule has 4 N–H and O–H groups in total. The van der Waals surface area contributed by atoms with Gasteiger partial charge in [0.25, 0.3) is 11.8 Å². The lowest BCUT2D eigenvalue weighted by Crippen LogP contribution is -2.33. The fourth-order valence-electron chi connectivity index (χ4n) is 3.83. The quantitative estimate of drug-likeness (QED) is 0.455. The SMILES string of the molecule is CC(=O)N1CCCN(c2ccc(C(=O)Nc3ccc(F)cc3C(=O)Nc3ccc(Cl)cn3)nc2)CC1.Cl.Cl.O. The number of rotatable bonds is 5. The fraction of sp³-hybridized carbons (Fsp3) is 0.240. The van der Waals surface area contributed by atoms with E-state index in [9.17, 15) is 18.8 Å². The van der Waals surface area contributed by atoms with Gasteiger partial charge in [0.15, 0.2) is 0 Å². The van der Waals surface area contributed by atoms with Crippen molar-refractivity contribution in [1.82, 2.24) is 14.9 Å². The number of halogens is 4. The first kappa shape index (κ1) is 33.5. The summed E-state index contributed by atoms with van der Waals surface area (Å²) in [5.41, 5.74) is 1.02. The molecule has 10 nitrogen and oxygen atoms in total. The summed E-state index contributed by atoms with van der Waals surface area (Å²) in [5, 5.41) is 5.58. The first-order valence-corrected chi connectivity index (χ1v) is 11.7. The van der Waals surface area contributed by atoms with Crippen LogP contribution in [0.15, 0.2) is 54.9 Å². The second kappa shape index (κ2) is 15.2. The maximum Gasteiger partial charge on any atom is 0.274 e. The highest BCUT2D eigenvalue weighted by Crippen LogP contribution is 2.21. The zero-order valence-corrected chi connectivity index (χ0v) is 23.2. The maximum absolute atomic E-state index is 13.9. The molecule has 1 fully saturated rings. The van der Waals surface area contributed by atoms with E-state index in [1.165, 1.54) is 18.3 Å². The van der Waals surface area contributed by atoms with Crippen LogP contribution < -0.4 is 15.5 Å². The Bertz CT molecular complexity index is 1280. The minimum absolute atomic E-state index is 0. The molecule has 210 valence electrons. The zero-order valence-electron chi connectivity index (χ0n) is 20.8. The molecule has 1 aliphatic heterocycles. The molecule has 0 atom stereocenters. The number of anilines is 3. The van der Waals surface area contributed by atoms with Crippen molar-refractivity contribution < 1.29 is 24.3 Å². The van der Waals surface area contributed by atoms with Crippen LogP contribution in [0.2, 0.25) is 5.02 Å². The maximum atomic E-state index is 13.9. The molecule has 0 spiro atoms. The topological polar surface area (TPSA) is 139 Å². The molecule has 3 aromatic rings. The Balaban J connectivity index is 0.00000253. The number of hydrogen-bond donors (Lipinski definition) is 2. The van der Waals surface area contributed by atoms with Gasteiger partial charge in [0, 0.05) is 39.3 Å². The second-order valence-electron chi connectivity index (χ2n) is 8.21. The predicted octanol–water partition coefficient (Wildman–Crippen LogP) is 3.85. The predicted molar refractivity (Wildman–Crippen MR) is 153 cm³/mol. The van der Waals surface area contributed by atoms with Gasteiger partial charge < -0.3 is 25.9 Å². The van der Waals surface area contributed by atoms with Crippen LogP contribution in [0.1, 0.15) is 34.2 Å². The van der Waals surface area contributed by atoms with Crippen molar-refractivity contribution in [2.75, 3.05) is 41.7 Å². The van der Waals surface area contributed by atoms with Gasteiger partial charge in [-0.15, -0.1) is 24.8 Å². The van der Waals surface area contributed by atoms with Crippen molar-refractivity contribution in [2.24, 2.45) is 0 Å². The lowest BCUT2D eigenvalue weighted by Gasteiger charge is -2.23. The van der Waals surface area contributed by atoms with E-state index in [4.69, 9.17) is 11.6 Å². The van der Waals surface area contributed by atoms with Crippen LogP contribution in [0.25, 0.3) is 0 Å². The number of nitrogens with zero attached hydrogens (tertiary/aromatic N) is 4. The van der Waals surface area contributed by atoms with Gasteiger partial charge in [-0.25, -0.2) is 14.4 Å². The van der Waals surface area contributed by atoms with Crippen LogP contribution in [-0.2, 0) is 4.79 Å². The highest BCUT2D eigenvalue weighted by molar-refractivity contribution is 6.30. The molecule has 2 aromatic heterocycles. The summed E-state index contributed by atoms with van der Waals surface area (Å²) < 4.78 is 13.9. The van der Waals surface area contributed by atoms with E-state index in [1.807, 2.05) is 4.90 Å². The Kier molecular flexibility index (Phi) is 13.0. The van der Waals surface area contributed by atoms with Gasteiger partial charge in [-0.2, -0.15) is 0 Å². The number of hydrogen-bond acceptors (Lipinski definition) is 6. The van der Waals surface area contributed by atoms with Crippen LogP contribution in [0.5, 0.6) is 0 Å². The van der Waals surface area contributed by atoms with Gasteiger partial charge in [-0.1, -0.05) is 11.6 Å². The monoisotopic (exact) mass is 600 g/mol. The molecule has 0 radical (unpaired) electrons. The fourth-order valence-corrected chi connectivity index (χ4v) is 3.94. The van der Waals surface area contributed by atoms with Crippen LogP contribution >= 0.6 is 36.4 Å². The van der Waals surface area contributed by atoms with Crippen molar-refractivity contribution in [3.05, 3.63) is 77.0 Å². The van der Waals surface area contributed by atoms with Crippen molar-refractivity contribution in [3.8, 4) is 0 Å². The number of aromatic nitrogens is 2. The van der Waals surface area contributed by atoms with Crippen LogP contribution in [-0.4, -0.2) is 64.2 Å². The van der Waals surface area contributed by atoms with Crippen LogP contribution in [0.3, 0.4) is 0 Å². The summed E-state index contributed by atoms with van der Waals surface area (Å²) in [4.78, 5) is 49.4. The summed E-state index contributed by atoms with van der Waals surface area (Å²) >= 11 is 5.81. The zero-order chi connectivity index (χ0) is 25.7. The highest BCUT2D eigenvalue weighted by Gasteiger charge is 2.19. The number of amides is 3. The molecule has 4 rings (SSSR count). The second-order valence-corrected chi connectivity index (χ2v) is 8.64. The minimum Gasteiger partial charge on any atom is -0.412 e. The Morgan fingerprint density at radius 2 is 1.67 bits per heavy atom. The Labute approximate surface area is 242 Å². The number of nitrogens with one attached hydrogen (secondary N) is 2. The van der Waals surface area contributed by atoms with Gasteiger partial charge in [-0.3, -0.25) is 14.4 Å². The Morgan fingerprint density at radius 3 is 2.31 bits per heavy atom. The van der Waals surface area contributed by atoms with E-state index in [0.29, 0.717) is 24.7 Å². The number of carbonyl (C=O) groups is 3. The third-order valence-corrected chi connectivity index (χ3v) is 5.95. The summed E-state index contributed by atoms with van der Waals surface area (Å²) in [5.74, 6) is -1.55. The van der Waals surface area contributed by atoms with Crippen molar-refractivity contribution >= 4 is 71.3 Å².